The van der Waals surface area contributed by atoms with Crippen molar-refractivity contribution >= 4 is 11.9 Å². The number of hydrogen-bond donors (Lipinski definition) is 0. The molecule has 5 nitrogen and oxygen atoms in total. The molecule has 1 spiro atoms. The van der Waals surface area contributed by atoms with Gasteiger partial charge in [0.05, 0.1) is 13.7 Å². The lowest BCUT2D eigenvalue weighted by Crippen LogP contribution is -2.62. The summed E-state index contributed by atoms with van der Waals surface area (Å²) in [6.07, 6.45) is 4.08. The minimum Gasteiger partial charge on any atom is -0.481 e. The van der Waals surface area contributed by atoms with Gasteiger partial charge >= 0.3 is 5.97 Å². The average molecular weight is 400 g/mol. The summed E-state index contributed by atoms with van der Waals surface area (Å²) in [5.41, 5.74) is -1.51. The van der Waals surface area contributed by atoms with E-state index in [1.807, 2.05) is 30.3 Å². The number of aliphatic imine (C=N–C) groups is 1. The first kappa shape index (κ1) is 21.6. The zero-order chi connectivity index (χ0) is 21.3. The fourth-order valence-corrected chi connectivity index (χ4v) is 5.01. The van der Waals surface area contributed by atoms with Crippen LogP contribution in [0, 0.1) is 10.8 Å². The number of nitrogens with zero attached hydrogens (tertiary/aromatic N) is 1. The van der Waals surface area contributed by atoms with Gasteiger partial charge in [0.15, 0.2) is 11.1 Å². The molecule has 0 aromatic heterocycles. The standard InChI is InChI=1S/C24H33NO4/c1-7-13-23(16-18-11-9-8-10-12-18)20(26)29-24(19(25-23)28-6)15-14-22(4,17-27-5)21(24,2)3/h7-12H,1,13-17H2,2-6H3/t22-,23-,24+/m0/s1. The Labute approximate surface area is 174 Å². The predicted octanol–water partition coefficient (Wildman–Crippen LogP) is 4.36. The monoisotopic (exact) mass is 399 g/mol. The molecule has 1 aliphatic carbocycles. The Morgan fingerprint density at radius 1 is 1.17 bits per heavy atom. The Hall–Kier alpha value is -2.14. The highest BCUT2D eigenvalue weighted by atomic mass is 16.6. The molecule has 1 aromatic carbocycles. The molecular formula is C24H33NO4. The second-order valence-corrected chi connectivity index (χ2v) is 9.14. The van der Waals surface area contributed by atoms with Crippen molar-refractivity contribution < 1.29 is 19.0 Å². The van der Waals surface area contributed by atoms with Gasteiger partial charge in [0, 0.05) is 30.8 Å². The number of benzene rings is 1. The van der Waals surface area contributed by atoms with E-state index in [9.17, 15) is 4.79 Å². The highest BCUT2D eigenvalue weighted by molar-refractivity contribution is 5.97. The zero-order valence-electron chi connectivity index (χ0n) is 18.3. The number of esters is 1. The molecule has 2 aliphatic rings. The van der Waals surface area contributed by atoms with Crippen molar-refractivity contribution in [2.75, 3.05) is 20.8 Å². The molecule has 158 valence electrons. The van der Waals surface area contributed by atoms with E-state index in [-0.39, 0.29) is 11.4 Å². The summed E-state index contributed by atoms with van der Waals surface area (Å²) in [5, 5.41) is 0. The van der Waals surface area contributed by atoms with Crippen LogP contribution in [0.15, 0.2) is 48.0 Å². The maximum atomic E-state index is 13.5. The molecule has 0 saturated heterocycles. The molecule has 1 aromatic rings. The van der Waals surface area contributed by atoms with Crippen molar-refractivity contribution in [2.24, 2.45) is 15.8 Å². The summed E-state index contributed by atoms with van der Waals surface area (Å²) < 4.78 is 17.7. The first-order valence-corrected chi connectivity index (χ1v) is 10.2. The fourth-order valence-electron chi connectivity index (χ4n) is 5.01. The largest absolute Gasteiger partial charge is 0.481 e. The van der Waals surface area contributed by atoms with E-state index < -0.39 is 16.6 Å². The van der Waals surface area contributed by atoms with Crippen LogP contribution < -0.4 is 0 Å². The Morgan fingerprint density at radius 2 is 1.86 bits per heavy atom. The molecule has 3 rings (SSSR count). The third kappa shape index (κ3) is 3.20. The van der Waals surface area contributed by atoms with Crippen LogP contribution in [-0.4, -0.2) is 43.8 Å². The Kier molecular flexibility index (Phi) is 5.65. The van der Waals surface area contributed by atoms with Gasteiger partial charge in [-0.15, -0.1) is 6.58 Å². The maximum absolute atomic E-state index is 13.5. The summed E-state index contributed by atoms with van der Waals surface area (Å²) in [6, 6.07) is 9.88. The third-order valence-corrected chi connectivity index (χ3v) is 7.33. The van der Waals surface area contributed by atoms with Crippen LogP contribution in [0.4, 0.5) is 0 Å². The molecule has 0 N–H and O–H groups in total. The number of hydrogen-bond acceptors (Lipinski definition) is 5. The molecule has 1 saturated carbocycles. The summed E-state index contributed by atoms with van der Waals surface area (Å²) in [7, 11) is 3.32. The quantitative estimate of drug-likeness (QED) is 0.527. The van der Waals surface area contributed by atoms with Crippen LogP contribution in [0.25, 0.3) is 0 Å². The minimum atomic E-state index is -1.06. The van der Waals surface area contributed by atoms with Gasteiger partial charge in [0.1, 0.15) is 0 Å². The van der Waals surface area contributed by atoms with E-state index in [4.69, 9.17) is 19.2 Å². The Bertz CT molecular complexity index is 802. The molecule has 1 fully saturated rings. The first-order valence-electron chi connectivity index (χ1n) is 10.2. The minimum absolute atomic E-state index is 0.167. The van der Waals surface area contributed by atoms with Crippen molar-refractivity contribution in [1.29, 1.82) is 0 Å². The lowest BCUT2D eigenvalue weighted by atomic mass is 9.63. The van der Waals surface area contributed by atoms with E-state index in [0.29, 0.717) is 31.8 Å². The van der Waals surface area contributed by atoms with E-state index in [2.05, 4.69) is 27.4 Å². The van der Waals surface area contributed by atoms with E-state index >= 15 is 0 Å². The van der Waals surface area contributed by atoms with Crippen LogP contribution >= 0.6 is 0 Å². The fraction of sp³-hybridized carbons (Fsp3) is 0.583. The number of carbonyl (C=O) groups is 1. The molecule has 5 heteroatoms. The maximum Gasteiger partial charge on any atom is 0.335 e. The van der Waals surface area contributed by atoms with Gasteiger partial charge in [0.25, 0.3) is 0 Å². The normalized spacial score (nSPS) is 33.3. The van der Waals surface area contributed by atoms with Crippen molar-refractivity contribution in [2.45, 2.75) is 57.6 Å². The first-order chi connectivity index (χ1) is 13.7. The van der Waals surface area contributed by atoms with E-state index in [1.165, 1.54) is 0 Å². The van der Waals surface area contributed by atoms with Gasteiger partial charge in [-0.2, -0.15) is 0 Å². The SMILES string of the molecule is C=CC[C@@]1(Cc2ccccc2)N=C(OC)[C@@]2(CC[C@@](C)(COC)C2(C)C)OC1=O. The third-order valence-electron chi connectivity index (χ3n) is 7.33. The zero-order valence-corrected chi connectivity index (χ0v) is 18.3. The highest BCUT2D eigenvalue weighted by Gasteiger charge is 2.69. The molecule has 0 unspecified atom stereocenters. The number of carbonyl (C=O) groups excluding carboxylic acids is 1. The molecule has 0 amide bonds. The Morgan fingerprint density at radius 3 is 2.45 bits per heavy atom. The number of rotatable bonds is 6. The average Bonchev–Trinajstić information content (AvgIpc) is 2.87. The van der Waals surface area contributed by atoms with Gasteiger partial charge in [0.2, 0.25) is 5.90 Å². The molecular weight excluding hydrogens is 366 g/mol. The second-order valence-electron chi connectivity index (χ2n) is 9.14. The Balaban J connectivity index is 2.10. The smallest absolute Gasteiger partial charge is 0.335 e. The number of ether oxygens (including phenoxy) is 3. The van der Waals surface area contributed by atoms with Gasteiger partial charge in [-0.3, -0.25) is 0 Å². The second kappa shape index (κ2) is 7.60. The van der Waals surface area contributed by atoms with Crippen molar-refractivity contribution in [1.82, 2.24) is 0 Å². The highest BCUT2D eigenvalue weighted by Crippen LogP contribution is 2.61. The van der Waals surface area contributed by atoms with Gasteiger partial charge in [-0.05, 0) is 18.4 Å². The lowest BCUT2D eigenvalue weighted by Gasteiger charge is -2.50. The van der Waals surface area contributed by atoms with E-state index in [1.54, 1.807) is 20.3 Å². The van der Waals surface area contributed by atoms with Gasteiger partial charge in [-0.1, -0.05) is 57.2 Å². The van der Waals surface area contributed by atoms with Gasteiger partial charge < -0.3 is 14.2 Å². The van der Waals surface area contributed by atoms with Crippen molar-refractivity contribution in [3.8, 4) is 0 Å². The van der Waals surface area contributed by atoms with E-state index in [0.717, 1.165) is 12.0 Å². The summed E-state index contributed by atoms with van der Waals surface area (Å²) in [5.74, 6) is 0.191. The van der Waals surface area contributed by atoms with Crippen LogP contribution in [0.3, 0.4) is 0 Å². The molecule has 0 bridgehead atoms. The summed E-state index contributed by atoms with van der Waals surface area (Å²) >= 11 is 0. The topological polar surface area (TPSA) is 57.1 Å². The van der Waals surface area contributed by atoms with Gasteiger partial charge in [-0.25, -0.2) is 9.79 Å². The number of methoxy groups -OCH3 is 2. The predicted molar refractivity (Wildman–Crippen MR) is 114 cm³/mol. The van der Waals surface area contributed by atoms with Crippen molar-refractivity contribution in [3.05, 3.63) is 48.6 Å². The summed E-state index contributed by atoms with van der Waals surface area (Å²) in [6.45, 7) is 10.9. The summed E-state index contributed by atoms with van der Waals surface area (Å²) in [4.78, 5) is 18.5. The molecule has 1 aliphatic heterocycles. The molecule has 1 heterocycles. The van der Waals surface area contributed by atoms with Crippen molar-refractivity contribution in [3.63, 3.8) is 0 Å². The molecule has 29 heavy (non-hydrogen) atoms. The van der Waals surface area contributed by atoms with Crippen LogP contribution in [0.1, 0.15) is 45.6 Å². The molecule has 0 radical (unpaired) electrons. The van der Waals surface area contributed by atoms with Crippen LogP contribution in [-0.2, 0) is 25.4 Å². The molecule has 3 atom stereocenters. The lowest BCUT2D eigenvalue weighted by molar-refractivity contribution is -0.178. The van der Waals surface area contributed by atoms with Crippen LogP contribution in [0.5, 0.6) is 0 Å². The van der Waals surface area contributed by atoms with Crippen LogP contribution in [0.2, 0.25) is 0 Å².